The largest absolute Gasteiger partial charge is 0.378 e. The third-order valence-electron chi connectivity index (χ3n) is 4.31. The number of carbonyl (C=O) groups excluding carboxylic acids is 1. The molecule has 0 unspecified atom stereocenters. The van der Waals surface area contributed by atoms with E-state index in [4.69, 9.17) is 16.3 Å². The summed E-state index contributed by atoms with van der Waals surface area (Å²) in [6.07, 6.45) is 4.29. The van der Waals surface area contributed by atoms with Crippen molar-refractivity contribution < 1.29 is 9.53 Å². The van der Waals surface area contributed by atoms with Gasteiger partial charge in [-0.3, -0.25) is 4.79 Å². The lowest BCUT2D eigenvalue weighted by molar-refractivity contribution is -0.119. The minimum atomic E-state index is 0.105. The number of carbonyl (C=O) groups is 1. The van der Waals surface area contributed by atoms with E-state index in [9.17, 15) is 4.79 Å². The van der Waals surface area contributed by atoms with Crippen LogP contribution in [0.5, 0.6) is 0 Å². The van der Waals surface area contributed by atoms with Crippen molar-refractivity contribution in [3.63, 3.8) is 0 Å². The zero-order chi connectivity index (χ0) is 14.7. The summed E-state index contributed by atoms with van der Waals surface area (Å²) in [5, 5.41) is 3.60. The maximum atomic E-state index is 12.3. The highest BCUT2D eigenvalue weighted by atomic mass is 35.5. The molecule has 4 nitrogen and oxygen atoms in total. The van der Waals surface area contributed by atoms with Gasteiger partial charge < -0.3 is 15.0 Å². The highest BCUT2D eigenvalue weighted by Gasteiger charge is 2.23. The topological polar surface area (TPSA) is 41.6 Å². The fraction of sp³-hybridized carbons (Fsp3) is 0.562. The van der Waals surface area contributed by atoms with Gasteiger partial charge in [0.1, 0.15) is 0 Å². The minimum Gasteiger partial charge on any atom is -0.378 e. The fourth-order valence-corrected chi connectivity index (χ4v) is 3.21. The van der Waals surface area contributed by atoms with Crippen molar-refractivity contribution in [2.75, 3.05) is 36.5 Å². The Balaban J connectivity index is 1.72. The zero-order valence-electron chi connectivity index (χ0n) is 12.1. The van der Waals surface area contributed by atoms with E-state index in [0.29, 0.717) is 5.02 Å². The Morgan fingerprint density at radius 3 is 2.67 bits per heavy atom. The summed E-state index contributed by atoms with van der Waals surface area (Å²) in [6, 6.07) is 5.83. The smallest absolute Gasteiger partial charge is 0.227 e. The second kappa shape index (κ2) is 6.67. The zero-order valence-corrected chi connectivity index (χ0v) is 12.9. The molecular weight excluding hydrogens is 288 g/mol. The molecule has 0 atom stereocenters. The molecule has 0 aromatic heterocycles. The van der Waals surface area contributed by atoms with E-state index in [-0.39, 0.29) is 11.8 Å². The Labute approximate surface area is 130 Å². The summed E-state index contributed by atoms with van der Waals surface area (Å²) in [6.45, 7) is 3.23. The first kappa shape index (κ1) is 14.7. The van der Waals surface area contributed by atoms with Crippen LogP contribution in [0.3, 0.4) is 0 Å². The van der Waals surface area contributed by atoms with Gasteiger partial charge in [-0.2, -0.15) is 0 Å². The van der Waals surface area contributed by atoms with Crippen LogP contribution in [0.1, 0.15) is 25.7 Å². The first-order valence-corrected chi connectivity index (χ1v) is 8.05. The number of ether oxygens (including phenoxy) is 1. The molecule has 1 aliphatic carbocycles. The van der Waals surface area contributed by atoms with E-state index < -0.39 is 0 Å². The lowest BCUT2D eigenvalue weighted by Crippen LogP contribution is -2.36. The molecule has 5 heteroatoms. The van der Waals surface area contributed by atoms with E-state index in [2.05, 4.69) is 10.2 Å². The van der Waals surface area contributed by atoms with Crippen molar-refractivity contribution in [1.29, 1.82) is 0 Å². The van der Waals surface area contributed by atoms with E-state index in [1.807, 2.05) is 18.2 Å². The highest BCUT2D eigenvalue weighted by molar-refractivity contribution is 6.33. The summed E-state index contributed by atoms with van der Waals surface area (Å²) < 4.78 is 5.37. The molecule has 0 spiro atoms. The Hall–Kier alpha value is -1.26. The predicted molar refractivity (Wildman–Crippen MR) is 85.1 cm³/mol. The number of hydrogen-bond acceptors (Lipinski definition) is 3. The molecule has 114 valence electrons. The van der Waals surface area contributed by atoms with E-state index in [1.165, 1.54) is 0 Å². The first-order valence-electron chi connectivity index (χ1n) is 7.67. The number of morpholine rings is 1. The molecule has 1 amide bonds. The van der Waals surface area contributed by atoms with Crippen LogP contribution in [0.25, 0.3) is 0 Å². The lowest BCUT2D eigenvalue weighted by atomic mass is 10.1. The van der Waals surface area contributed by atoms with Crippen molar-refractivity contribution in [3.05, 3.63) is 23.2 Å². The van der Waals surface area contributed by atoms with Crippen molar-refractivity contribution in [2.24, 2.45) is 5.92 Å². The van der Waals surface area contributed by atoms with E-state index in [0.717, 1.165) is 63.4 Å². The van der Waals surface area contributed by atoms with E-state index in [1.54, 1.807) is 0 Å². The highest BCUT2D eigenvalue weighted by Crippen LogP contribution is 2.31. The summed E-state index contributed by atoms with van der Waals surface area (Å²) in [4.78, 5) is 14.5. The van der Waals surface area contributed by atoms with Gasteiger partial charge in [-0.05, 0) is 31.0 Å². The number of halogens is 1. The number of benzene rings is 1. The fourth-order valence-electron chi connectivity index (χ4n) is 3.05. The number of nitrogens with zero attached hydrogens (tertiary/aromatic N) is 1. The number of rotatable bonds is 3. The monoisotopic (exact) mass is 308 g/mol. The molecular formula is C16H21ClN2O2. The Morgan fingerprint density at radius 1 is 1.24 bits per heavy atom. The SMILES string of the molecule is O=C(Nc1cc(N2CCOCC2)ccc1Cl)C1CCCC1. The molecule has 1 N–H and O–H groups in total. The number of anilines is 2. The first-order chi connectivity index (χ1) is 10.2. The molecule has 1 heterocycles. The second-order valence-corrected chi connectivity index (χ2v) is 6.14. The van der Waals surface area contributed by atoms with Gasteiger partial charge in [-0.1, -0.05) is 24.4 Å². The molecule has 21 heavy (non-hydrogen) atoms. The second-order valence-electron chi connectivity index (χ2n) is 5.73. The normalized spacial score (nSPS) is 19.8. The third kappa shape index (κ3) is 3.50. The van der Waals surface area contributed by atoms with Crippen molar-refractivity contribution in [3.8, 4) is 0 Å². The van der Waals surface area contributed by atoms with Gasteiger partial charge in [0.15, 0.2) is 0 Å². The van der Waals surface area contributed by atoms with Gasteiger partial charge >= 0.3 is 0 Å². The molecule has 1 saturated heterocycles. The molecule has 1 aromatic rings. The van der Waals surface area contributed by atoms with Gasteiger partial charge in [0.05, 0.1) is 23.9 Å². The van der Waals surface area contributed by atoms with Crippen LogP contribution in [0.15, 0.2) is 18.2 Å². The Morgan fingerprint density at radius 2 is 1.95 bits per heavy atom. The molecule has 3 rings (SSSR count). The van der Waals surface area contributed by atoms with Crippen LogP contribution in [-0.2, 0) is 9.53 Å². The van der Waals surface area contributed by atoms with Gasteiger partial charge in [-0.15, -0.1) is 0 Å². The van der Waals surface area contributed by atoms with Gasteiger partial charge in [-0.25, -0.2) is 0 Å². The van der Waals surface area contributed by atoms with Gasteiger partial charge in [0.2, 0.25) is 5.91 Å². The maximum absolute atomic E-state index is 12.3. The summed E-state index contributed by atoms with van der Waals surface area (Å²) in [7, 11) is 0. The standard InChI is InChI=1S/C16H21ClN2O2/c17-14-6-5-13(19-7-9-21-10-8-19)11-15(14)18-16(20)12-3-1-2-4-12/h5-6,11-12H,1-4,7-10H2,(H,18,20). The summed E-state index contributed by atoms with van der Waals surface area (Å²) in [5.41, 5.74) is 1.81. The lowest BCUT2D eigenvalue weighted by Gasteiger charge is -2.29. The van der Waals surface area contributed by atoms with Crippen molar-refractivity contribution in [1.82, 2.24) is 0 Å². The Kier molecular flexibility index (Phi) is 4.66. The van der Waals surface area contributed by atoms with Crippen molar-refractivity contribution >= 4 is 28.9 Å². The number of amides is 1. The van der Waals surface area contributed by atoms with Crippen LogP contribution < -0.4 is 10.2 Å². The average molecular weight is 309 g/mol. The predicted octanol–water partition coefficient (Wildman–Crippen LogP) is 3.31. The van der Waals surface area contributed by atoms with Crippen LogP contribution in [0, 0.1) is 5.92 Å². The third-order valence-corrected chi connectivity index (χ3v) is 4.64. The molecule has 0 radical (unpaired) electrons. The van der Waals surface area contributed by atoms with Crippen LogP contribution in [-0.4, -0.2) is 32.2 Å². The van der Waals surface area contributed by atoms with Gasteiger partial charge in [0, 0.05) is 24.7 Å². The molecule has 1 aromatic carbocycles. The van der Waals surface area contributed by atoms with Crippen LogP contribution in [0.2, 0.25) is 5.02 Å². The average Bonchev–Trinajstić information content (AvgIpc) is 3.05. The molecule has 2 aliphatic rings. The molecule has 1 aliphatic heterocycles. The summed E-state index contributed by atoms with van der Waals surface area (Å²) in [5.74, 6) is 0.252. The van der Waals surface area contributed by atoms with Crippen LogP contribution in [0.4, 0.5) is 11.4 Å². The van der Waals surface area contributed by atoms with E-state index >= 15 is 0 Å². The minimum absolute atomic E-state index is 0.105. The number of hydrogen-bond donors (Lipinski definition) is 1. The van der Waals surface area contributed by atoms with Gasteiger partial charge in [0.25, 0.3) is 0 Å². The quantitative estimate of drug-likeness (QED) is 0.931. The van der Waals surface area contributed by atoms with Crippen molar-refractivity contribution in [2.45, 2.75) is 25.7 Å². The maximum Gasteiger partial charge on any atom is 0.227 e. The molecule has 0 bridgehead atoms. The Bertz CT molecular complexity index is 509. The molecule has 1 saturated carbocycles. The number of nitrogens with one attached hydrogen (secondary N) is 1. The molecule has 2 fully saturated rings. The summed E-state index contributed by atoms with van der Waals surface area (Å²) >= 11 is 6.23. The van der Waals surface area contributed by atoms with Crippen LogP contribution >= 0.6 is 11.6 Å².